The number of benzene rings is 2. The Hall–Kier alpha value is -2.95. The Labute approximate surface area is 121 Å². The summed E-state index contributed by atoms with van der Waals surface area (Å²) in [6, 6.07) is 17.6. The van der Waals surface area contributed by atoms with Crippen molar-refractivity contribution in [1.29, 1.82) is 0 Å². The molecule has 0 bridgehead atoms. The van der Waals surface area contributed by atoms with Crippen LogP contribution in [-0.4, -0.2) is 18.1 Å². The normalized spacial score (nSPS) is 15.6. The van der Waals surface area contributed by atoms with Crippen LogP contribution in [0.25, 0.3) is 0 Å². The zero-order valence-electron chi connectivity index (χ0n) is 11.0. The van der Waals surface area contributed by atoms with Gasteiger partial charge in [0.2, 0.25) is 0 Å². The lowest BCUT2D eigenvalue weighted by Gasteiger charge is -2.27. The lowest BCUT2D eigenvalue weighted by Crippen LogP contribution is -2.41. The first-order valence-corrected chi connectivity index (χ1v) is 6.47. The van der Waals surface area contributed by atoms with Crippen LogP contribution >= 0.6 is 0 Å². The molecule has 0 saturated carbocycles. The van der Waals surface area contributed by atoms with Gasteiger partial charge in [-0.3, -0.25) is 9.59 Å². The van der Waals surface area contributed by atoms with E-state index in [1.54, 1.807) is 48.5 Å². The average Bonchev–Trinajstić information content (AvgIpc) is 2.79. The maximum Gasteiger partial charge on any atom is 0.266 e. The van der Waals surface area contributed by atoms with Crippen molar-refractivity contribution in [3.63, 3.8) is 0 Å². The van der Waals surface area contributed by atoms with Gasteiger partial charge in [-0.1, -0.05) is 36.4 Å². The molecule has 0 atom stereocenters. The molecular formula is C16H12N2O3. The molecule has 0 spiro atoms. The molecule has 0 aliphatic carbocycles. The zero-order chi connectivity index (χ0) is 14.8. The Balaban J connectivity index is 2.12. The summed E-state index contributed by atoms with van der Waals surface area (Å²) >= 11 is 0. The molecule has 1 fully saturated rings. The number of hydrogen-bond donors (Lipinski definition) is 0. The van der Waals surface area contributed by atoms with E-state index in [2.05, 4.69) is 0 Å². The van der Waals surface area contributed by atoms with Crippen LogP contribution < -0.4 is 10.0 Å². The first-order chi connectivity index (χ1) is 10.2. The molecule has 0 aromatic heterocycles. The van der Waals surface area contributed by atoms with E-state index in [0.717, 1.165) is 0 Å². The van der Waals surface area contributed by atoms with Gasteiger partial charge in [-0.05, 0) is 24.3 Å². The molecule has 1 saturated heterocycles. The van der Waals surface area contributed by atoms with E-state index in [1.807, 2.05) is 12.1 Å². The van der Waals surface area contributed by atoms with Crippen molar-refractivity contribution in [2.75, 3.05) is 10.0 Å². The highest BCUT2D eigenvalue weighted by Gasteiger charge is 2.47. The Bertz CT molecular complexity index is 628. The average molecular weight is 280 g/mol. The van der Waals surface area contributed by atoms with E-state index in [4.69, 9.17) is 0 Å². The quantitative estimate of drug-likeness (QED) is 0.636. The molecule has 2 aromatic rings. The first kappa shape index (κ1) is 13.1. The number of aldehydes is 1. The number of nitrogens with zero attached hydrogens (tertiary/aromatic N) is 2. The third-order valence-corrected chi connectivity index (χ3v) is 3.29. The first-order valence-electron chi connectivity index (χ1n) is 6.47. The molecule has 104 valence electrons. The fourth-order valence-corrected chi connectivity index (χ4v) is 2.31. The highest BCUT2D eigenvalue weighted by molar-refractivity contribution is 6.29. The monoisotopic (exact) mass is 280 g/mol. The van der Waals surface area contributed by atoms with Crippen molar-refractivity contribution >= 4 is 29.5 Å². The maximum absolute atomic E-state index is 12.4. The third-order valence-electron chi connectivity index (χ3n) is 3.29. The van der Waals surface area contributed by atoms with Crippen LogP contribution in [0.3, 0.4) is 0 Å². The van der Waals surface area contributed by atoms with E-state index < -0.39 is 17.7 Å². The van der Waals surface area contributed by atoms with Crippen LogP contribution in [0.1, 0.15) is 0 Å². The second-order valence-electron chi connectivity index (χ2n) is 4.58. The van der Waals surface area contributed by atoms with Crippen molar-refractivity contribution in [3.8, 4) is 0 Å². The number of para-hydroxylation sites is 2. The van der Waals surface area contributed by atoms with Crippen LogP contribution in [0.2, 0.25) is 0 Å². The number of carbonyl (C=O) groups is 3. The SMILES string of the molecule is O=CC1C(=O)N(c2ccccc2)N(c2ccccc2)C1=O. The van der Waals surface area contributed by atoms with E-state index in [-0.39, 0.29) is 0 Å². The minimum absolute atomic E-state index is 0.392. The van der Waals surface area contributed by atoms with Gasteiger partial charge in [-0.2, -0.15) is 0 Å². The number of hydrazine groups is 1. The molecule has 2 amide bonds. The van der Waals surface area contributed by atoms with Crippen LogP contribution in [0.4, 0.5) is 11.4 Å². The van der Waals surface area contributed by atoms with E-state index in [1.165, 1.54) is 10.0 Å². The summed E-state index contributed by atoms with van der Waals surface area (Å²) in [6.07, 6.45) is 0.392. The lowest BCUT2D eigenvalue weighted by atomic mass is 10.1. The van der Waals surface area contributed by atoms with Gasteiger partial charge in [-0.25, -0.2) is 10.0 Å². The van der Waals surface area contributed by atoms with Crippen molar-refractivity contribution in [2.24, 2.45) is 5.92 Å². The molecule has 5 heteroatoms. The van der Waals surface area contributed by atoms with E-state index in [9.17, 15) is 14.4 Å². The smallest absolute Gasteiger partial charge is 0.266 e. The number of anilines is 2. The molecule has 1 heterocycles. The maximum atomic E-state index is 12.4. The fourth-order valence-electron chi connectivity index (χ4n) is 2.31. The Morgan fingerprint density at radius 3 is 1.43 bits per heavy atom. The number of carbonyl (C=O) groups excluding carboxylic acids is 3. The molecule has 21 heavy (non-hydrogen) atoms. The van der Waals surface area contributed by atoms with Gasteiger partial charge >= 0.3 is 0 Å². The largest absolute Gasteiger partial charge is 0.302 e. The second-order valence-corrected chi connectivity index (χ2v) is 4.58. The standard InChI is InChI=1S/C16H12N2O3/c19-11-14-15(20)17(12-7-3-1-4-8-12)18(16(14)21)13-9-5-2-6-10-13/h1-11,14H. The van der Waals surface area contributed by atoms with Gasteiger partial charge in [0.25, 0.3) is 11.8 Å². The third kappa shape index (κ3) is 2.08. The summed E-state index contributed by atoms with van der Waals surface area (Å²) in [4.78, 5) is 35.8. The fraction of sp³-hybridized carbons (Fsp3) is 0.0625. The molecule has 0 unspecified atom stereocenters. The van der Waals surface area contributed by atoms with Crippen LogP contribution in [0.15, 0.2) is 60.7 Å². The molecular weight excluding hydrogens is 268 g/mol. The summed E-state index contributed by atoms with van der Waals surface area (Å²) in [5.74, 6) is -2.36. The summed E-state index contributed by atoms with van der Waals surface area (Å²) in [7, 11) is 0. The lowest BCUT2D eigenvalue weighted by molar-refractivity contribution is -0.131. The number of hydrogen-bond acceptors (Lipinski definition) is 3. The van der Waals surface area contributed by atoms with Gasteiger partial charge in [0.15, 0.2) is 5.92 Å². The molecule has 0 radical (unpaired) electrons. The number of rotatable bonds is 3. The Kier molecular flexibility index (Phi) is 3.23. The van der Waals surface area contributed by atoms with Crippen molar-refractivity contribution < 1.29 is 14.4 Å². The summed E-state index contributed by atoms with van der Waals surface area (Å²) in [5.41, 5.74) is 1.09. The van der Waals surface area contributed by atoms with Crippen LogP contribution in [0, 0.1) is 5.92 Å². The highest BCUT2D eigenvalue weighted by Crippen LogP contribution is 2.30. The minimum Gasteiger partial charge on any atom is -0.302 e. The summed E-state index contributed by atoms with van der Waals surface area (Å²) in [6.45, 7) is 0. The second kappa shape index (κ2) is 5.20. The summed E-state index contributed by atoms with van der Waals surface area (Å²) in [5, 5.41) is 2.49. The highest BCUT2D eigenvalue weighted by atomic mass is 16.2. The van der Waals surface area contributed by atoms with Gasteiger partial charge < -0.3 is 4.79 Å². The predicted molar refractivity (Wildman–Crippen MR) is 77.4 cm³/mol. The van der Waals surface area contributed by atoms with E-state index >= 15 is 0 Å². The molecule has 2 aromatic carbocycles. The van der Waals surface area contributed by atoms with Crippen molar-refractivity contribution in [1.82, 2.24) is 0 Å². The van der Waals surface area contributed by atoms with Gasteiger partial charge in [0, 0.05) is 0 Å². The van der Waals surface area contributed by atoms with Gasteiger partial charge in [-0.15, -0.1) is 0 Å². The topological polar surface area (TPSA) is 57.7 Å². The van der Waals surface area contributed by atoms with Gasteiger partial charge in [0.05, 0.1) is 11.4 Å². The van der Waals surface area contributed by atoms with Crippen LogP contribution in [-0.2, 0) is 14.4 Å². The van der Waals surface area contributed by atoms with Crippen molar-refractivity contribution in [2.45, 2.75) is 0 Å². The molecule has 1 aliphatic heterocycles. The summed E-state index contributed by atoms with van der Waals surface area (Å²) < 4.78 is 0. The predicted octanol–water partition coefficient (Wildman–Crippen LogP) is 1.80. The van der Waals surface area contributed by atoms with Crippen molar-refractivity contribution in [3.05, 3.63) is 60.7 Å². The van der Waals surface area contributed by atoms with Crippen LogP contribution in [0.5, 0.6) is 0 Å². The van der Waals surface area contributed by atoms with E-state index in [0.29, 0.717) is 17.7 Å². The zero-order valence-corrected chi connectivity index (χ0v) is 11.0. The molecule has 5 nitrogen and oxygen atoms in total. The minimum atomic E-state index is -1.29. The molecule has 1 aliphatic rings. The Morgan fingerprint density at radius 1 is 0.714 bits per heavy atom. The Morgan fingerprint density at radius 2 is 1.10 bits per heavy atom. The van der Waals surface area contributed by atoms with Gasteiger partial charge in [0.1, 0.15) is 6.29 Å². The molecule has 0 N–H and O–H groups in total. The number of amides is 2. The molecule has 3 rings (SSSR count).